The molecule has 2 heterocycles. The third kappa shape index (κ3) is 3.82. The maximum atomic E-state index is 12.1. The van der Waals surface area contributed by atoms with E-state index in [1.54, 1.807) is 0 Å². The average molecular weight is 375 g/mol. The van der Waals surface area contributed by atoms with Crippen molar-refractivity contribution in [3.05, 3.63) is 30.0 Å². The van der Waals surface area contributed by atoms with Crippen LogP contribution in [0.25, 0.3) is 21.8 Å². The Hall–Kier alpha value is -2.15. The molecule has 6 nitrogen and oxygen atoms in total. The number of nitrogen functional groups attached to an aromatic ring is 1. The van der Waals surface area contributed by atoms with Crippen molar-refractivity contribution >= 4 is 37.5 Å². The Kier molecular flexibility index (Phi) is 5.46. The predicted octanol–water partition coefficient (Wildman–Crippen LogP) is 3.33. The zero-order chi connectivity index (χ0) is 18.7. The largest absolute Gasteiger partial charge is 0.382 e. The van der Waals surface area contributed by atoms with E-state index >= 15 is 0 Å². The second-order valence-electron chi connectivity index (χ2n) is 6.72. The number of fused-ring (bicyclic) bond motifs is 3. The van der Waals surface area contributed by atoms with Crippen LogP contribution in [0.3, 0.4) is 0 Å². The van der Waals surface area contributed by atoms with Crippen LogP contribution >= 0.6 is 0 Å². The van der Waals surface area contributed by atoms with Gasteiger partial charge in [-0.2, -0.15) is 5.10 Å². The van der Waals surface area contributed by atoms with Crippen molar-refractivity contribution in [2.75, 3.05) is 17.2 Å². The third-order valence-electron chi connectivity index (χ3n) is 4.58. The number of nitrogens with two attached hydrogens (primary N) is 1. The van der Waals surface area contributed by atoms with Crippen molar-refractivity contribution in [2.45, 2.75) is 46.1 Å². The van der Waals surface area contributed by atoms with Gasteiger partial charge in [-0.25, -0.2) is 13.4 Å². The first kappa shape index (κ1) is 18.6. The van der Waals surface area contributed by atoms with Crippen LogP contribution in [0, 0.1) is 0 Å². The molecule has 0 atom stereocenters. The Balaban J connectivity index is 2.07. The van der Waals surface area contributed by atoms with Crippen LogP contribution in [0.5, 0.6) is 0 Å². The highest BCUT2D eigenvalue weighted by molar-refractivity contribution is 7.91. The average Bonchev–Trinajstić information content (AvgIpc) is 3.03. The molecule has 0 fully saturated rings. The molecule has 0 spiro atoms. The summed E-state index contributed by atoms with van der Waals surface area (Å²) in [4.78, 5) is 4.49. The van der Waals surface area contributed by atoms with Gasteiger partial charge in [0.2, 0.25) is 0 Å². The minimum atomic E-state index is -3.03. The first-order valence-corrected chi connectivity index (χ1v) is 11.0. The summed E-state index contributed by atoms with van der Waals surface area (Å²) < 4.78 is 26.2. The third-order valence-corrected chi connectivity index (χ3v) is 6.44. The maximum Gasteiger partial charge on any atom is 0.152 e. The minimum Gasteiger partial charge on any atom is -0.382 e. The number of sulfone groups is 1. The summed E-state index contributed by atoms with van der Waals surface area (Å²) in [5, 5.41) is 6.51. The monoisotopic (exact) mass is 374 g/mol. The molecule has 0 saturated carbocycles. The number of hydrogen-bond acceptors (Lipinski definition) is 5. The fourth-order valence-electron chi connectivity index (χ4n) is 3.29. The van der Waals surface area contributed by atoms with E-state index in [1.165, 1.54) is 0 Å². The number of aryl methyl sites for hydroxylation is 2. The molecule has 3 rings (SSSR count). The molecule has 7 heteroatoms. The van der Waals surface area contributed by atoms with Gasteiger partial charge >= 0.3 is 0 Å². The molecule has 26 heavy (non-hydrogen) atoms. The number of aromatic nitrogens is 3. The molecule has 0 bridgehead atoms. The second-order valence-corrected chi connectivity index (χ2v) is 9.02. The number of pyridine rings is 1. The Labute approximate surface area is 154 Å². The Morgan fingerprint density at radius 2 is 1.96 bits per heavy atom. The van der Waals surface area contributed by atoms with Crippen molar-refractivity contribution in [1.29, 1.82) is 0 Å². The van der Waals surface area contributed by atoms with Crippen LogP contribution in [-0.4, -0.2) is 34.7 Å². The van der Waals surface area contributed by atoms with E-state index < -0.39 is 9.84 Å². The lowest BCUT2D eigenvalue weighted by Crippen LogP contribution is -2.12. The van der Waals surface area contributed by atoms with E-state index in [4.69, 9.17) is 5.73 Å². The topological polar surface area (TPSA) is 90.9 Å². The van der Waals surface area contributed by atoms with Gasteiger partial charge < -0.3 is 5.73 Å². The molecule has 0 radical (unpaired) electrons. The summed E-state index contributed by atoms with van der Waals surface area (Å²) in [6, 6.07) is 5.80. The molecular formula is C19H26N4O2S. The fraction of sp³-hybridized carbons (Fsp3) is 0.474. The summed E-state index contributed by atoms with van der Waals surface area (Å²) in [5.41, 5.74) is 8.58. The van der Waals surface area contributed by atoms with Gasteiger partial charge in [-0.05, 0) is 30.9 Å². The molecular weight excluding hydrogens is 348 g/mol. The van der Waals surface area contributed by atoms with Crippen LogP contribution in [0.2, 0.25) is 0 Å². The lowest BCUT2D eigenvalue weighted by Gasteiger charge is -2.08. The van der Waals surface area contributed by atoms with E-state index in [0.29, 0.717) is 24.2 Å². The normalized spacial score (nSPS) is 12.2. The summed E-state index contributed by atoms with van der Waals surface area (Å²) >= 11 is 0. The van der Waals surface area contributed by atoms with Gasteiger partial charge in [-0.1, -0.05) is 32.4 Å². The van der Waals surface area contributed by atoms with Gasteiger partial charge in [0.15, 0.2) is 15.7 Å². The van der Waals surface area contributed by atoms with Gasteiger partial charge in [0.1, 0.15) is 5.52 Å². The molecule has 1 aromatic carbocycles. The number of rotatable bonds is 8. The highest BCUT2D eigenvalue weighted by Crippen LogP contribution is 2.30. The van der Waals surface area contributed by atoms with E-state index in [9.17, 15) is 8.42 Å². The van der Waals surface area contributed by atoms with Gasteiger partial charge in [0, 0.05) is 29.3 Å². The van der Waals surface area contributed by atoms with Crippen molar-refractivity contribution in [3.8, 4) is 0 Å². The second kappa shape index (κ2) is 7.61. The molecule has 0 saturated heterocycles. The number of anilines is 1. The molecule has 2 N–H and O–H groups in total. The quantitative estimate of drug-likeness (QED) is 0.653. The van der Waals surface area contributed by atoms with Gasteiger partial charge in [0.25, 0.3) is 0 Å². The van der Waals surface area contributed by atoms with Crippen molar-refractivity contribution in [1.82, 2.24) is 14.8 Å². The smallest absolute Gasteiger partial charge is 0.152 e. The molecule has 2 aromatic heterocycles. The first-order chi connectivity index (χ1) is 12.4. The van der Waals surface area contributed by atoms with Gasteiger partial charge in [-0.15, -0.1) is 0 Å². The van der Waals surface area contributed by atoms with Crippen LogP contribution in [-0.2, 0) is 22.8 Å². The molecule has 0 aliphatic heterocycles. The maximum absolute atomic E-state index is 12.1. The fourth-order valence-corrected chi connectivity index (χ4v) is 4.65. The van der Waals surface area contributed by atoms with Crippen LogP contribution in [0.4, 0.5) is 5.82 Å². The van der Waals surface area contributed by atoms with Gasteiger partial charge in [-0.3, -0.25) is 4.68 Å². The summed E-state index contributed by atoms with van der Waals surface area (Å²) in [6.45, 7) is 4.86. The number of nitrogens with zero attached hydrogens (tertiary/aromatic N) is 3. The minimum absolute atomic E-state index is 0.149. The molecule has 0 unspecified atom stereocenters. The zero-order valence-electron chi connectivity index (χ0n) is 15.4. The zero-order valence-corrected chi connectivity index (χ0v) is 16.2. The summed E-state index contributed by atoms with van der Waals surface area (Å²) in [7, 11) is -3.03. The number of hydrogen-bond donors (Lipinski definition) is 1. The molecule has 140 valence electrons. The van der Waals surface area contributed by atoms with Crippen molar-refractivity contribution < 1.29 is 8.42 Å². The van der Waals surface area contributed by atoms with Crippen molar-refractivity contribution in [3.63, 3.8) is 0 Å². The molecule has 0 amide bonds. The molecule has 3 aromatic rings. The number of unbranched alkanes of at least 4 members (excludes halogenated alkanes) is 1. The van der Waals surface area contributed by atoms with Crippen LogP contribution in [0.1, 0.15) is 38.7 Å². The van der Waals surface area contributed by atoms with Crippen molar-refractivity contribution in [2.24, 2.45) is 0 Å². The van der Waals surface area contributed by atoms with Gasteiger partial charge in [0.05, 0.1) is 11.3 Å². The van der Waals surface area contributed by atoms with E-state index in [0.717, 1.165) is 41.2 Å². The molecule has 0 aliphatic rings. The SMILES string of the molecule is CCCCn1cc2c(n1)c(N)nc1cccc(CCS(=O)(=O)CCC)c12. The lowest BCUT2D eigenvalue weighted by atomic mass is 10.0. The van der Waals surface area contributed by atoms with Crippen LogP contribution < -0.4 is 5.73 Å². The molecule has 0 aliphatic carbocycles. The predicted molar refractivity (Wildman–Crippen MR) is 107 cm³/mol. The first-order valence-electron chi connectivity index (χ1n) is 9.20. The Bertz CT molecular complexity index is 1020. The lowest BCUT2D eigenvalue weighted by molar-refractivity contribution is 0.577. The van der Waals surface area contributed by atoms with E-state index in [-0.39, 0.29) is 11.5 Å². The summed E-state index contributed by atoms with van der Waals surface area (Å²) in [6.07, 6.45) is 5.26. The van der Waals surface area contributed by atoms with E-state index in [2.05, 4.69) is 17.0 Å². The van der Waals surface area contributed by atoms with Crippen LogP contribution in [0.15, 0.2) is 24.4 Å². The highest BCUT2D eigenvalue weighted by atomic mass is 32.2. The highest BCUT2D eigenvalue weighted by Gasteiger charge is 2.16. The Morgan fingerprint density at radius 1 is 1.15 bits per heavy atom. The summed E-state index contributed by atoms with van der Waals surface area (Å²) in [5.74, 6) is 0.793. The number of benzene rings is 1. The standard InChI is InChI=1S/C19H26N4O2S/c1-3-5-10-23-13-15-17-14(9-12-26(24,25)11-4-2)7-6-8-16(17)21-19(20)18(15)22-23/h6-8,13H,3-5,9-12H2,1-2H3,(H2,20,21). The van der Waals surface area contributed by atoms with E-state index in [1.807, 2.05) is 36.0 Å². The Morgan fingerprint density at radius 3 is 2.69 bits per heavy atom.